The van der Waals surface area contributed by atoms with Crippen LogP contribution in [0.25, 0.3) is 11.0 Å². The van der Waals surface area contributed by atoms with Crippen LogP contribution < -0.4 is 0 Å². The van der Waals surface area contributed by atoms with Crippen LogP contribution in [-0.4, -0.2) is 14.7 Å². The van der Waals surface area contributed by atoms with Crippen molar-refractivity contribution in [2.24, 2.45) is 0 Å². The molecule has 0 aliphatic heterocycles. The topological polar surface area (TPSA) is 43.9 Å². The summed E-state index contributed by atoms with van der Waals surface area (Å²) < 4.78 is 7.26. The molecule has 0 N–H and O–H groups in total. The Morgan fingerprint density at radius 1 is 1.40 bits per heavy atom. The van der Waals surface area contributed by atoms with E-state index in [9.17, 15) is 0 Å². The highest BCUT2D eigenvalue weighted by Gasteiger charge is 2.18. The first kappa shape index (κ1) is 13.5. The number of alkyl halides is 1. The Morgan fingerprint density at radius 2 is 2.20 bits per heavy atom. The number of hydrogen-bond acceptors (Lipinski definition) is 3. The van der Waals surface area contributed by atoms with Crippen LogP contribution in [0.5, 0.6) is 0 Å². The molecule has 0 saturated carbocycles. The van der Waals surface area contributed by atoms with E-state index in [2.05, 4.69) is 10.1 Å². The summed E-state index contributed by atoms with van der Waals surface area (Å²) in [7, 11) is 0. The highest BCUT2D eigenvalue weighted by atomic mass is 35.5. The van der Waals surface area contributed by atoms with Gasteiger partial charge in [0.15, 0.2) is 5.76 Å². The highest BCUT2D eigenvalue weighted by molar-refractivity contribution is 6.35. The molecular weight excluding hydrogens is 297 g/mol. The van der Waals surface area contributed by atoms with Crippen molar-refractivity contribution >= 4 is 34.2 Å². The molecule has 3 aromatic rings. The van der Waals surface area contributed by atoms with Gasteiger partial charge in [-0.2, -0.15) is 0 Å². The number of benzene rings is 1. The lowest BCUT2D eigenvalue weighted by molar-refractivity contribution is 0.372. The number of aromatic nitrogens is 3. The standard InChI is InChI=1S/C14H13Cl2N3O/c1-8-6-10(20-18-8)7-19-13-11(16)4-3-5-12(13)17-14(19)9(2)15/h3-6,9H,7H2,1-2H3. The Morgan fingerprint density at radius 3 is 2.85 bits per heavy atom. The molecule has 0 aliphatic rings. The Kier molecular flexibility index (Phi) is 3.44. The number of imidazole rings is 1. The van der Waals surface area contributed by atoms with Crippen LogP contribution in [0.1, 0.15) is 29.6 Å². The van der Waals surface area contributed by atoms with Crippen LogP contribution in [-0.2, 0) is 6.54 Å². The number of para-hydroxylation sites is 1. The maximum atomic E-state index is 6.30. The van der Waals surface area contributed by atoms with Gasteiger partial charge in [-0.3, -0.25) is 0 Å². The van der Waals surface area contributed by atoms with Crippen LogP contribution in [0.3, 0.4) is 0 Å². The van der Waals surface area contributed by atoms with E-state index in [1.807, 2.05) is 42.7 Å². The molecule has 1 atom stereocenters. The molecule has 0 aliphatic carbocycles. The molecule has 3 rings (SSSR count). The molecular formula is C14H13Cl2N3O. The average molecular weight is 310 g/mol. The molecule has 0 amide bonds. The molecule has 6 heteroatoms. The van der Waals surface area contributed by atoms with E-state index in [0.29, 0.717) is 11.6 Å². The minimum atomic E-state index is -0.220. The van der Waals surface area contributed by atoms with Crippen molar-refractivity contribution in [2.75, 3.05) is 0 Å². The van der Waals surface area contributed by atoms with Crippen molar-refractivity contribution in [3.63, 3.8) is 0 Å². The quantitative estimate of drug-likeness (QED) is 0.676. The summed E-state index contributed by atoms with van der Waals surface area (Å²) in [6.07, 6.45) is 0. The number of fused-ring (bicyclic) bond motifs is 1. The van der Waals surface area contributed by atoms with Gasteiger partial charge in [-0.05, 0) is 26.0 Å². The lowest BCUT2D eigenvalue weighted by Gasteiger charge is -2.09. The first-order valence-electron chi connectivity index (χ1n) is 6.27. The zero-order chi connectivity index (χ0) is 14.3. The highest BCUT2D eigenvalue weighted by Crippen LogP contribution is 2.30. The van der Waals surface area contributed by atoms with Gasteiger partial charge in [0.1, 0.15) is 5.82 Å². The van der Waals surface area contributed by atoms with Crippen LogP contribution in [0, 0.1) is 6.92 Å². The van der Waals surface area contributed by atoms with E-state index in [1.54, 1.807) is 0 Å². The van der Waals surface area contributed by atoms with Gasteiger partial charge < -0.3 is 9.09 Å². The zero-order valence-corrected chi connectivity index (χ0v) is 12.6. The van der Waals surface area contributed by atoms with Crippen molar-refractivity contribution in [1.82, 2.24) is 14.7 Å². The Balaban J connectivity index is 2.18. The predicted molar refractivity (Wildman–Crippen MR) is 79.4 cm³/mol. The summed E-state index contributed by atoms with van der Waals surface area (Å²) in [5.41, 5.74) is 2.54. The Hall–Kier alpha value is -1.52. The normalized spacial score (nSPS) is 13.0. The molecule has 2 heterocycles. The van der Waals surface area contributed by atoms with E-state index < -0.39 is 0 Å². The average Bonchev–Trinajstić information content (AvgIpc) is 2.95. The van der Waals surface area contributed by atoms with Crippen LogP contribution in [0.4, 0.5) is 0 Å². The zero-order valence-electron chi connectivity index (χ0n) is 11.1. The van der Waals surface area contributed by atoms with E-state index in [1.165, 1.54) is 0 Å². The number of hydrogen-bond donors (Lipinski definition) is 0. The van der Waals surface area contributed by atoms with Crippen molar-refractivity contribution in [3.05, 3.63) is 46.6 Å². The van der Waals surface area contributed by atoms with Crippen LogP contribution in [0.15, 0.2) is 28.8 Å². The first-order valence-corrected chi connectivity index (χ1v) is 7.08. The maximum Gasteiger partial charge on any atom is 0.156 e. The Bertz CT molecular complexity index is 761. The number of aryl methyl sites for hydroxylation is 1. The third kappa shape index (κ3) is 2.30. The fourth-order valence-electron chi connectivity index (χ4n) is 2.27. The van der Waals surface area contributed by atoms with Gasteiger partial charge >= 0.3 is 0 Å². The van der Waals surface area contributed by atoms with Crippen molar-refractivity contribution in [3.8, 4) is 0 Å². The largest absolute Gasteiger partial charge is 0.359 e. The van der Waals surface area contributed by atoms with Gasteiger partial charge in [0.05, 0.1) is 33.7 Å². The number of halogens is 2. The Labute approximate surface area is 126 Å². The fraction of sp³-hybridized carbons (Fsp3) is 0.286. The van der Waals surface area contributed by atoms with Gasteiger partial charge in [-0.1, -0.05) is 22.8 Å². The van der Waals surface area contributed by atoms with Crippen molar-refractivity contribution < 1.29 is 4.52 Å². The second kappa shape index (κ2) is 5.11. The molecule has 2 aromatic heterocycles. The molecule has 0 saturated heterocycles. The molecule has 4 nitrogen and oxygen atoms in total. The summed E-state index contributed by atoms with van der Waals surface area (Å²) >= 11 is 12.5. The minimum Gasteiger partial charge on any atom is -0.359 e. The summed E-state index contributed by atoms with van der Waals surface area (Å²) in [6, 6.07) is 7.54. The molecule has 0 spiro atoms. The van der Waals surface area contributed by atoms with Crippen molar-refractivity contribution in [2.45, 2.75) is 25.8 Å². The van der Waals surface area contributed by atoms with Gasteiger partial charge in [-0.25, -0.2) is 4.98 Å². The molecule has 0 bridgehead atoms. The third-order valence-electron chi connectivity index (χ3n) is 3.09. The predicted octanol–water partition coefficient (Wildman–Crippen LogP) is 4.33. The van der Waals surface area contributed by atoms with Crippen LogP contribution in [0.2, 0.25) is 5.02 Å². The molecule has 0 radical (unpaired) electrons. The second-order valence-electron chi connectivity index (χ2n) is 4.71. The monoisotopic (exact) mass is 309 g/mol. The van der Waals surface area contributed by atoms with Gasteiger partial charge in [-0.15, -0.1) is 11.6 Å². The smallest absolute Gasteiger partial charge is 0.156 e. The lowest BCUT2D eigenvalue weighted by atomic mass is 10.3. The third-order valence-corrected chi connectivity index (χ3v) is 3.59. The number of nitrogens with zero attached hydrogens (tertiary/aromatic N) is 3. The van der Waals surface area contributed by atoms with E-state index >= 15 is 0 Å². The summed E-state index contributed by atoms with van der Waals surface area (Å²) in [5.74, 6) is 1.52. The lowest BCUT2D eigenvalue weighted by Crippen LogP contribution is -2.05. The summed E-state index contributed by atoms with van der Waals surface area (Å²) in [5, 5.41) is 4.33. The molecule has 20 heavy (non-hydrogen) atoms. The summed E-state index contributed by atoms with van der Waals surface area (Å²) in [6.45, 7) is 4.28. The molecule has 104 valence electrons. The number of rotatable bonds is 3. The SMILES string of the molecule is Cc1cc(Cn2c(C(C)Cl)nc3cccc(Cl)c32)on1. The maximum absolute atomic E-state index is 6.30. The summed E-state index contributed by atoms with van der Waals surface area (Å²) in [4.78, 5) is 4.56. The van der Waals surface area contributed by atoms with Crippen LogP contribution >= 0.6 is 23.2 Å². The van der Waals surface area contributed by atoms with Gasteiger partial charge in [0.2, 0.25) is 0 Å². The van der Waals surface area contributed by atoms with E-state index in [4.69, 9.17) is 27.7 Å². The molecule has 1 aromatic carbocycles. The van der Waals surface area contributed by atoms with Gasteiger partial charge in [0.25, 0.3) is 0 Å². The van der Waals surface area contributed by atoms with E-state index in [0.717, 1.165) is 28.3 Å². The molecule has 0 fully saturated rings. The van der Waals surface area contributed by atoms with Gasteiger partial charge in [0, 0.05) is 6.07 Å². The van der Waals surface area contributed by atoms with E-state index in [-0.39, 0.29) is 5.38 Å². The first-order chi connectivity index (χ1) is 9.56. The second-order valence-corrected chi connectivity index (χ2v) is 5.78. The van der Waals surface area contributed by atoms with Crippen molar-refractivity contribution in [1.29, 1.82) is 0 Å². The minimum absolute atomic E-state index is 0.220. The fourth-order valence-corrected chi connectivity index (χ4v) is 2.71. The molecule has 1 unspecified atom stereocenters.